The van der Waals surface area contributed by atoms with E-state index >= 15 is 0 Å². The predicted molar refractivity (Wildman–Crippen MR) is 96.9 cm³/mol. The molecular weight excluding hydrogens is 304 g/mol. The fraction of sp³-hybridized carbons (Fsp3) is 0.211. The number of aromatic nitrogens is 1. The first-order valence-corrected chi connectivity index (χ1v) is 8.41. The topological polar surface area (TPSA) is 48.1 Å². The second-order valence-corrected chi connectivity index (χ2v) is 6.46. The third kappa shape index (κ3) is 3.14. The number of hydrogen-bond acceptors (Lipinski definition) is 4. The smallest absolute Gasteiger partial charge is 0.131 e. The van der Waals surface area contributed by atoms with Gasteiger partial charge in [0.05, 0.1) is 12.8 Å². The lowest BCUT2D eigenvalue weighted by atomic mass is 10.0. The van der Waals surface area contributed by atoms with Gasteiger partial charge in [0.1, 0.15) is 10.8 Å². The van der Waals surface area contributed by atoms with Gasteiger partial charge in [0.15, 0.2) is 0 Å². The molecule has 2 N–H and O–H groups in total. The average molecular weight is 324 g/mol. The summed E-state index contributed by atoms with van der Waals surface area (Å²) in [5.74, 6) is 0.892. The third-order valence-electron chi connectivity index (χ3n) is 3.81. The van der Waals surface area contributed by atoms with Crippen LogP contribution in [0.1, 0.15) is 16.7 Å². The molecule has 0 bridgehead atoms. The van der Waals surface area contributed by atoms with Crippen LogP contribution in [-0.2, 0) is 6.54 Å². The number of thiazole rings is 1. The van der Waals surface area contributed by atoms with Crippen LogP contribution in [0.25, 0.3) is 21.8 Å². The van der Waals surface area contributed by atoms with Gasteiger partial charge in [0.2, 0.25) is 0 Å². The highest BCUT2D eigenvalue weighted by Gasteiger charge is 2.14. The molecule has 3 nitrogen and oxygen atoms in total. The van der Waals surface area contributed by atoms with Crippen LogP contribution >= 0.6 is 11.3 Å². The summed E-state index contributed by atoms with van der Waals surface area (Å²) in [5.41, 5.74) is 12.3. The maximum Gasteiger partial charge on any atom is 0.131 e. The molecule has 23 heavy (non-hydrogen) atoms. The van der Waals surface area contributed by atoms with E-state index < -0.39 is 0 Å². The third-order valence-corrected chi connectivity index (χ3v) is 4.70. The molecule has 1 heterocycles. The van der Waals surface area contributed by atoms with Gasteiger partial charge >= 0.3 is 0 Å². The number of ether oxygens (including phenoxy) is 1. The molecule has 0 saturated heterocycles. The number of aryl methyl sites for hydroxylation is 2. The highest BCUT2D eigenvalue weighted by atomic mass is 32.1. The van der Waals surface area contributed by atoms with E-state index in [0.717, 1.165) is 38.7 Å². The lowest BCUT2D eigenvalue weighted by Crippen LogP contribution is -1.95. The SMILES string of the molecule is COc1c(C)cc(C)cc1-c1csc(-c2cccc(CN)c2)n1. The fourth-order valence-electron chi connectivity index (χ4n) is 2.78. The zero-order chi connectivity index (χ0) is 16.4. The number of hydrogen-bond donors (Lipinski definition) is 1. The lowest BCUT2D eigenvalue weighted by molar-refractivity contribution is 0.413. The second-order valence-electron chi connectivity index (χ2n) is 5.61. The first-order chi connectivity index (χ1) is 11.1. The number of nitrogens with two attached hydrogens (primary N) is 1. The highest BCUT2D eigenvalue weighted by Crippen LogP contribution is 2.36. The van der Waals surface area contributed by atoms with Crippen LogP contribution < -0.4 is 10.5 Å². The summed E-state index contributed by atoms with van der Waals surface area (Å²) in [5, 5.41) is 3.08. The van der Waals surface area contributed by atoms with Crippen molar-refractivity contribution in [2.24, 2.45) is 5.73 Å². The normalized spacial score (nSPS) is 10.8. The highest BCUT2D eigenvalue weighted by molar-refractivity contribution is 7.13. The van der Waals surface area contributed by atoms with Crippen molar-refractivity contribution >= 4 is 11.3 Å². The standard InChI is InChI=1S/C19H20N2OS/c1-12-7-13(2)18(22-3)16(8-12)17-11-23-19(21-17)15-6-4-5-14(9-15)10-20/h4-9,11H,10,20H2,1-3H3. The van der Waals surface area contributed by atoms with Crippen molar-refractivity contribution in [1.82, 2.24) is 4.98 Å². The number of benzene rings is 2. The molecule has 0 aliphatic heterocycles. The quantitative estimate of drug-likeness (QED) is 0.765. The summed E-state index contributed by atoms with van der Waals surface area (Å²) in [4.78, 5) is 4.81. The van der Waals surface area contributed by atoms with Crippen molar-refractivity contribution in [3.05, 3.63) is 58.5 Å². The second kappa shape index (κ2) is 6.52. The molecule has 2 aromatic carbocycles. The van der Waals surface area contributed by atoms with Crippen molar-refractivity contribution in [2.75, 3.05) is 7.11 Å². The Morgan fingerprint density at radius 1 is 1.17 bits per heavy atom. The molecule has 0 radical (unpaired) electrons. The van der Waals surface area contributed by atoms with Crippen LogP contribution in [-0.4, -0.2) is 12.1 Å². The Kier molecular flexibility index (Phi) is 4.46. The Labute approximate surface area is 140 Å². The number of rotatable bonds is 4. The maximum absolute atomic E-state index is 5.73. The predicted octanol–water partition coefficient (Wildman–Crippen LogP) is 4.56. The molecule has 0 fully saturated rings. The number of nitrogens with zero attached hydrogens (tertiary/aromatic N) is 1. The van der Waals surface area contributed by atoms with Gasteiger partial charge in [-0.2, -0.15) is 0 Å². The van der Waals surface area contributed by atoms with Gasteiger partial charge in [0.25, 0.3) is 0 Å². The van der Waals surface area contributed by atoms with Gasteiger partial charge in [0, 0.05) is 23.1 Å². The summed E-state index contributed by atoms with van der Waals surface area (Å²) in [6, 6.07) is 12.5. The largest absolute Gasteiger partial charge is 0.496 e. The van der Waals surface area contributed by atoms with Crippen molar-refractivity contribution in [1.29, 1.82) is 0 Å². The molecular formula is C19H20N2OS. The zero-order valence-corrected chi connectivity index (χ0v) is 14.4. The van der Waals surface area contributed by atoms with E-state index in [1.807, 2.05) is 12.1 Å². The van der Waals surface area contributed by atoms with E-state index in [2.05, 4.69) is 43.5 Å². The molecule has 3 rings (SSSR count). The zero-order valence-electron chi connectivity index (χ0n) is 13.6. The molecule has 0 amide bonds. The first kappa shape index (κ1) is 15.7. The van der Waals surface area contributed by atoms with Gasteiger partial charge in [-0.3, -0.25) is 0 Å². The Morgan fingerprint density at radius 3 is 2.74 bits per heavy atom. The van der Waals surface area contributed by atoms with Crippen LogP contribution in [0.3, 0.4) is 0 Å². The molecule has 118 valence electrons. The van der Waals surface area contributed by atoms with Gasteiger partial charge in [-0.15, -0.1) is 11.3 Å². The van der Waals surface area contributed by atoms with Crippen LogP contribution in [0.2, 0.25) is 0 Å². The van der Waals surface area contributed by atoms with E-state index in [9.17, 15) is 0 Å². The Morgan fingerprint density at radius 2 is 2.00 bits per heavy atom. The lowest BCUT2D eigenvalue weighted by Gasteiger charge is -2.11. The van der Waals surface area contributed by atoms with E-state index in [-0.39, 0.29) is 0 Å². The summed E-state index contributed by atoms with van der Waals surface area (Å²) < 4.78 is 5.59. The van der Waals surface area contributed by atoms with Crippen molar-refractivity contribution in [2.45, 2.75) is 20.4 Å². The minimum Gasteiger partial charge on any atom is -0.496 e. The van der Waals surface area contributed by atoms with Gasteiger partial charge in [-0.25, -0.2) is 4.98 Å². The minimum absolute atomic E-state index is 0.539. The van der Waals surface area contributed by atoms with Crippen molar-refractivity contribution in [3.63, 3.8) is 0 Å². The molecule has 0 atom stereocenters. The molecule has 4 heteroatoms. The molecule has 3 aromatic rings. The summed E-state index contributed by atoms with van der Waals surface area (Å²) >= 11 is 1.64. The Hall–Kier alpha value is -2.17. The van der Waals surface area contributed by atoms with Gasteiger partial charge in [-0.05, 0) is 42.7 Å². The maximum atomic E-state index is 5.73. The fourth-order valence-corrected chi connectivity index (χ4v) is 3.59. The molecule has 0 unspecified atom stereocenters. The average Bonchev–Trinajstić information content (AvgIpc) is 3.04. The Balaban J connectivity index is 2.05. The van der Waals surface area contributed by atoms with E-state index in [4.69, 9.17) is 15.5 Å². The first-order valence-electron chi connectivity index (χ1n) is 7.53. The minimum atomic E-state index is 0.539. The molecule has 0 saturated carbocycles. The van der Waals surface area contributed by atoms with Gasteiger partial charge < -0.3 is 10.5 Å². The van der Waals surface area contributed by atoms with Crippen LogP contribution in [0.15, 0.2) is 41.8 Å². The monoisotopic (exact) mass is 324 g/mol. The Bertz CT molecular complexity index is 839. The summed E-state index contributed by atoms with van der Waals surface area (Å²) in [6.07, 6.45) is 0. The van der Waals surface area contributed by atoms with Crippen molar-refractivity contribution in [3.8, 4) is 27.6 Å². The van der Waals surface area contributed by atoms with Crippen LogP contribution in [0, 0.1) is 13.8 Å². The molecule has 0 spiro atoms. The van der Waals surface area contributed by atoms with E-state index in [1.54, 1.807) is 18.4 Å². The number of methoxy groups -OCH3 is 1. The molecule has 0 aliphatic carbocycles. The molecule has 1 aromatic heterocycles. The summed E-state index contributed by atoms with van der Waals surface area (Å²) in [6.45, 7) is 4.69. The van der Waals surface area contributed by atoms with Crippen LogP contribution in [0.4, 0.5) is 0 Å². The summed E-state index contributed by atoms with van der Waals surface area (Å²) in [7, 11) is 1.71. The van der Waals surface area contributed by atoms with Crippen molar-refractivity contribution < 1.29 is 4.74 Å². The van der Waals surface area contributed by atoms with Crippen LogP contribution in [0.5, 0.6) is 5.75 Å². The van der Waals surface area contributed by atoms with E-state index in [0.29, 0.717) is 6.54 Å². The van der Waals surface area contributed by atoms with E-state index in [1.165, 1.54) is 5.56 Å². The molecule has 0 aliphatic rings. The van der Waals surface area contributed by atoms with Gasteiger partial charge in [-0.1, -0.05) is 24.3 Å².